The molecule has 0 unspecified atom stereocenters. The van der Waals surface area contributed by atoms with Crippen molar-refractivity contribution in [1.29, 1.82) is 0 Å². The molecular weight excluding hydrogens is 392 g/mol. The molecule has 0 aliphatic heterocycles. The van der Waals surface area contributed by atoms with E-state index < -0.39 is 15.9 Å². The molecule has 0 saturated heterocycles. The van der Waals surface area contributed by atoms with E-state index in [0.29, 0.717) is 11.3 Å². The van der Waals surface area contributed by atoms with Gasteiger partial charge in [0, 0.05) is 10.2 Å². The van der Waals surface area contributed by atoms with Gasteiger partial charge in [0.05, 0.1) is 12.3 Å². The zero-order chi connectivity index (χ0) is 17.7. The maximum Gasteiger partial charge on any atom is 0.239 e. The molecule has 2 rings (SSSR count). The quantitative estimate of drug-likeness (QED) is 0.767. The SMILES string of the molecule is Cc1cc(C)cc(NC(=O)CNS(=O)(=O)Cc2cccc(Br)c2)c1. The number of amides is 1. The molecule has 128 valence electrons. The Bertz CT molecular complexity index is 830. The summed E-state index contributed by atoms with van der Waals surface area (Å²) in [5.41, 5.74) is 3.36. The van der Waals surface area contributed by atoms with E-state index in [1.165, 1.54) is 0 Å². The van der Waals surface area contributed by atoms with Gasteiger partial charge in [0.1, 0.15) is 0 Å². The topological polar surface area (TPSA) is 75.3 Å². The maximum atomic E-state index is 12.1. The number of nitrogens with one attached hydrogen (secondary N) is 2. The highest BCUT2D eigenvalue weighted by molar-refractivity contribution is 9.10. The first kappa shape index (κ1) is 18.6. The molecular formula is C17H19BrN2O3S. The van der Waals surface area contributed by atoms with Crippen molar-refractivity contribution in [1.82, 2.24) is 4.72 Å². The number of hydrogen-bond acceptors (Lipinski definition) is 3. The maximum absolute atomic E-state index is 12.1. The summed E-state index contributed by atoms with van der Waals surface area (Å²) in [7, 11) is -3.59. The summed E-state index contributed by atoms with van der Waals surface area (Å²) < 4.78 is 27.3. The van der Waals surface area contributed by atoms with E-state index in [1.54, 1.807) is 18.2 Å². The zero-order valence-corrected chi connectivity index (χ0v) is 15.9. The van der Waals surface area contributed by atoms with Crippen LogP contribution in [-0.2, 0) is 20.6 Å². The largest absolute Gasteiger partial charge is 0.325 e. The van der Waals surface area contributed by atoms with Gasteiger partial charge in [-0.2, -0.15) is 0 Å². The van der Waals surface area contributed by atoms with Gasteiger partial charge in [-0.1, -0.05) is 34.1 Å². The summed E-state index contributed by atoms with van der Waals surface area (Å²) >= 11 is 3.30. The van der Waals surface area contributed by atoms with Crippen molar-refractivity contribution in [3.05, 3.63) is 63.6 Å². The first-order chi connectivity index (χ1) is 11.2. The Morgan fingerprint density at radius 2 is 1.75 bits per heavy atom. The number of rotatable bonds is 6. The van der Waals surface area contributed by atoms with Crippen LogP contribution in [0.2, 0.25) is 0 Å². The molecule has 24 heavy (non-hydrogen) atoms. The van der Waals surface area contributed by atoms with E-state index in [-0.39, 0.29) is 12.3 Å². The molecule has 2 aromatic rings. The summed E-state index contributed by atoms with van der Waals surface area (Å²) in [6.07, 6.45) is 0. The van der Waals surface area contributed by atoms with Crippen molar-refractivity contribution in [2.24, 2.45) is 0 Å². The summed E-state index contributed by atoms with van der Waals surface area (Å²) in [6, 6.07) is 12.7. The van der Waals surface area contributed by atoms with Gasteiger partial charge in [-0.3, -0.25) is 4.79 Å². The fraction of sp³-hybridized carbons (Fsp3) is 0.235. The molecule has 0 aromatic heterocycles. The molecule has 0 aliphatic carbocycles. The van der Waals surface area contributed by atoms with E-state index >= 15 is 0 Å². The number of aryl methyl sites for hydroxylation is 2. The Kier molecular flexibility index (Phi) is 6.15. The van der Waals surface area contributed by atoms with Gasteiger partial charge >= 0.3 is 0 Å². The van der Waals surface area contributed by atoms with Crippen LogP contribution >= 0.6 is 15.9 Å². The lowest BCUT2D eigenvalue weighted by atomic mass is 10.1. The number of anilines is 1. The first-order valence-electron chi connectivity index (χ1n) is 7.33. The molecule has 1 amide bonds. The second-order valence-corrected chi connectivity index (χ2v) is 8.36. The van der Waals surface area contributed by atoms with Crippen LogP contribution in [0.25, 0.3) is 0 Å². The molecule has 0 heterocycles. The van der Waals surface area contributed by atoms with Gasteiger partial charge in [-0.05, 0) is 54.8 Å². The van der Waals surface area contributed by atoms with Gasteiger partial charge < -0.3 is 5.32 Å². The first-order valence-corrected chi connectivity index (χ1v) is 9.78. The summed E-state index contributed by atoms with van der Waals surface area (Å²) in [6.45, 7) is 3.57. The van der Waals surface area contributed by atoms with Crippen molar-refractivity contribution in [3.63, 3.8) is 0 Å². The summed E-state index contributed by atoms with van der Waals surface area (Å²) in [4.78, 5) is 11.9. The third-order valence-corrected chi connectivity index (χ3v) is 4.99. The molecule has 0 aliphatic rings. The second kappa shape index (κ2) is 7.92. The third kappa shape index (κ3) is 6.07. The number of benzene rings is 2. The van der Waals surface area contributed by atoms with E-state index in [4.69, 9.17) is 0 Å². The number of halogens is 1. The van der Waals surface area contributed by atoms with E-state index in [0.717, 1.165) is 15.6 Å². The van der Waals surface area contributed by atoms with Gasteiger partial charge in [0.2, 0.25) is 15.9 Å². The van der Waals surface area contributed by atoms with Crippen molar-refractivity contribution in [2.45, 2.75) is 19.6 Å². The van der Waals surface area contributed by atoms with Gasteiger partial charge in [-0.25, -0.2) is 13.1 Å². The zero-order valence-electron chi connectivity index (χ0n) is 13.5. The standard InChI is InChI=1S/C17H19BrN2O3S/c1-12-6-13(2)8-16(7-12)20-17(21)10-19-24(22,23)11-14-4-3-5-15(18)9-14/h3-9,19H,10-11H2,1-2H3,(H,20,21). The second-order valence-electron chi connectivity index (χ2n) is 5.63. The number of hydrogen-bond donors (Lipinski definition) is 2. The summed E-state index contributed by atoms with van der Waals surface area (Å²) in [5.74, 6) is -0.582. The van der Waals surface area contributed by atoms with Gasteiger partial charge in [0.15, 0.2) is 0 Å². The normalized spacial score (nSPS) is 11.3. The van der Waals surface area contributed by atoms with E-state index in [1.807, 2.05) is 38.1 Å². The van der Waals surface area contributed by atoms with Crippen LogP contribution in [0.15, 0.2) is 46.9 Å². The van der Waals surface area contributed by atoms with Crippen molar-refractivity contribution >= 4 is 37.5 Å². The molecule has 0 atom stereocenters. The summed E-state index contributed by atoms with van der Waals surface area (Å²) in [5, 5.41) is 2.70. The Morgan fingerprint density at radius 1 is 1.08 bits per heavy atom. The van der Waals surface area contributed by atoms with Crippen LogP contribution < -0.4 is 10.0 Å². The Labute approximate surface area is 150 Å². The minimum atomic E-state index is -3.59. The smallest absolute Gasteiger partial charge is 0.239 e. The molecule has 0 fully saturated rings. The predicted molar refractivity (Wildman–Crippen MR) is 99.3 cm³/mol. The fourth-order valence-electron chi connectivity index (χ4n) is 2.32. The Hall–Kier alpha value is -1.70. The fourth-order valence-corrected chi connectivity index (χ4v) is 3.84. The van der Waals surface area contributed by atoms with E-state index in [2.05, 4.69) is 26.0 Å². The predicted octanol–water partition coefficient (Wildman–Crippen LogP) is 3.12. The Morgan fingerprint density at radius 3 is 2.38 bits per heavy atom. The van der Waals surface area contributed by atoms with Gasteiger partial charge in [0.25, 0.3) is 0 Å². The number of carbonyl (C=O) groups excluding carboxylic acids is 1. The van der Waals surface area contributed by atoms with Crippen LogP contribution in [0, 0.1) is 13.8 Å². The van der Waals surface area contributed by atoms with Crippen LogP contribution in [0.1, 0.15) is 16.7 Å². The molecule has 0 radical (unpaired) electrons. The molecule has 2 N–H and O–H groups in total. The van der Waals surface area contributed by atoms with Crippen LogP contribution in [-0.4, -0.2) is 20.9 Å². The third-order valence-electron chi connectivity index (χ3n) is 3.20. The lowest BCUT2D eigenvalue weighted by Crippen LogP contribution is -2.33. The van der Waals surface area contributed by atoms with Crippen molar-refractivity contribution in [2.75, 3.05) is 11.9 Å². The van der Waals surface area contributed by atoms with Crippen LogP contribution in [0.3, 0.4) is 0 Å². The van der Waals surface area contributed by atoms with E-state index in [9.17, 15) is 13.2 Å². The van der Waals surface area contributed by atoms with Gasteiger partial charge in [-0.15, -0.1) is 0 Å². The molecule has 0 saturated carbocycles. The molecule has 0 spiro atoms. The van der Waals surface area contributed by atoms with Crippen molar-refractivity contribution < 1.29 is 13.2 Å². The number of carbonyl (C=O) groups is 1. The van der Waals surface area contributed by atoms with Crippen LogP contribution in [0.5, 0.6) is 0 Å². The highest BCUT2D eigenvalue weighted by atomic mass is 79.9. The lowest BCUT2D eigenvalue weighted by Gasteiger charge is -2.09. The average Bonchev–Trinajstić information content (AvgIpc) is 2.43. The number of sulfonamides is 1. The highest BCUT2D eigenvalue weighted by Gasteiger charge is 2.14. The van der Waals surface area contributed by atoms with Crippen molar-refractivity contribution in [3.8, 4) is 0 Å². The Balaban J connectivity index is 1.92. The minimum absolute atomic E-state index is 0.177. The van der Waals surface area contributed by atoms with Crippen LogP contribution in [0.4, 0.5) is 5.69 Å². The minimum Gasteiger partial charge on any atom is -0.325 e. The highest BCUT2D eigenvalue weighted by Crippen LogP contribution is 2.14. The molecule has 0 bridgehead atoms. The lowest BCUT2D eigenvalue weighted by molar-refractivity contribution is -0.115. The molecule has 2 aromatic carbocycles. The average molecular weight is 411 g/mol. The monoisotopic (exact) mass is 410 g/mol. The molecule has 5 nitrogen and oxygen atoms in total. The molecule has 7 heteroatoms.